The molecular weight excluding hydrogens is 398 g/mol. The lowest BCUT2D eigenvalue weighted by atomic mass is 10.0. The Kier molecular flexibility index (Phi) is 8.69. The maximum absolute atomic E-state index is 13.2. The smallest absolute Gasteiger partial charge is 0.218 e. The molecule has 0 fully saturated rings. The Morgan fingerprint density at radius 3 is 2.33 bits per heavy atom. The van der Waals surface area contributed by atoms with E-state index in [1.54, 1.807) is 19.3 Å². The summed E-state index contributed by atoms with van der Waals surface area (Å²) in [6, 6.07) is 12.9. The lowest BCUT2D eigenvalue weighted by Crippen LogP contribution is -2.32. The molecular formula is C24H31NO4S. The van der Waals surface area contributed by atoms with E-state index in [0.717, 1.165) is 16.7 Å². The van der Waals surface area contributed by atoms with Crippen LogP contribution < -0.4 is 9.47 Å². The Balaban J connectivity index is 2.44. The van der Waals surface area contributed by atoms with Crippen LogP contribution in [0.1, 0.15) is 30.5 Å². The van der Waals surface area contributed by atoms with Crippen molar-refractivity contribution in [2.24, 2.45) is 0 Å². The summed E-state index contributed by atoms with van der Waals surface area (Å²) in [6.45, 7) is 11.9. The Morgan fingerprint density at radius 1 is 1.07 bits per heavy atom. The topological polar surface area (TPSA) is 55.8 Å². The maximum Gasteiger partial charge on any atom is 0.218 e. The standard InChI is InChI=1S/C24H31NO4S/c1-6-11-22-21(14-15-23(28-5)24(22)29-19(3)4)17-25(16-7-2)30(26,27)18-20-12-9-8-10-13-20/h6-10,12-15,19H,1-2,11,16-18H2,3-5H3. The highest BCUT2D eigenvalue weighted by Crippen LogP contribution is 2.36. The van der Waals surface area contributed by atoms with Gasteiger partial charge in [-0.3, -0.25) is 0 Å². The predicted molar refractivity (Wildman–Crippen MR) is 122 cm³/mol. The second kappa shape index (κ2) is 11.0. The quantitative estimate of drug-likeness (QED) is 0.458. The van der Waals surface area contributed by atoms with Crippen LogP contribution in [0.4, 0.5) is 0 Å². The largest absolute Gasteiger partial charge is 0.493 e. The fourth-order valence-corrected chi connectivity index (χ4v) is 4.64. The Bertz CT molecular complexity index is 953. The highest BCUT2D eigenvalue weighted by molar-refractivity contribution is 7.88. The third-order valence-corrected chi connectivity index (χ3v) is 6.27. The normalized spacial score (nSPS) is 11.5. The molecule has 0 aromatic heterocycles. The maximum atomic E-state index is 13.2. The molecule has 0 aliphatic heterocycles. The first-order valence-corrected chi connectivity index (χ1v) is 11.5. The summed E-state index contributed by atoms with van der Waals surface area (Å²) in [4.78, 5) is 0. The Labute approximate surface area is 180 Å². The van der Waals surface area contributed by atoms with Crippen molar-refractivity contribution < 1.29 is 17.9 Å². The summed E-state index contributed by atoms with van der Waals surface area (Å²) in [6.07, 6.45) is 3.87. The summed E-state index contributed by atoms with van der Waals surface area (Å²) in [5, 5.41) is 0. The van der Waals surface area contributed by atoms with Crippen molar-refractivity contribution in [3.8, 4) is 11.5 Å². The molecule has 0 radical (unpaired) electrons. The second-order valence-electron chi connectivity index (χ2n) is 7.22. The van der Waals surface area contributed by atoms with E-state index >= 15 is 0 Å². The lowest BCUT2D eigenvalue weighted by Gasteiger charge is -2.24. The number of hydrogen-bond donors (Lipinski definition) is 0. The number of sulfonamides is 1. The minimum absolute atomic E-state index is 0.0520. The molecule has 0 N–H and O–H groups in total. The molecule has 2 aromatic carbocycles. The van der Waals surface area contributed by atoms with Crippen LogP contribution in [0.5, 0.6) is 11.5 Å². The van der Waals surface area contributed by atoms with Gasteiger partial charge in [-0.1, -0.05) is 48.6 Å². The number of nitrogens with zero attached hydrogens (tertiary/aromatic N) is 1. The zero-order valence-electron chi connectivity index (χ0n) is 18.0. The van der Waals surface area contributed by atoms with Crippen LogP contribution >= 0.6 is 0 Å². The first-order valence-electron chi connectivity index (χ1n) is 9.91. The van der Waals surface area contributed by atoms with E-state index in [1.807, 2.05) is 56.3 Å². The van der Waals surface area contributed by atoms with Crippen LogP contribution in [0.25, 0.3) is 0 Å². The van der Waals surface area contributed by atoms with Crippen molar-refractivity contribution in [3.05, 3.63) is 84.5 Å². The second-order valence-corrected chi connectivity index (χ2v) is 9.19. The van der Waals surface area contributed by atoms with Crippen LogP contribution in [-0.2, 0) is 28.7 Å². The molecule has 0 saturated carbocycles. The van der Waals surface area contributed by atoms with Crippen molar-refractivity contribution in [2.75, 3.05) is 13.7 Å². The molecule has 0 heterocycles. The highest BCUT2D eigenvalue weighted by atomic mass is 32.2. The van der Waals surface area contributed by atoms with Gasteiger partial charge in [-0.2, -0.15) is 4.31 Å². The van der Waals surface area contributed by atoms with Gasteiger partial charge in [-0.25, -0.2) is 8.42 Å². The van der Waals surface area contributed by atoms with Crippen LogP contribution in [-0.4, -0.2) is 32.5 Å². The highest BCUT2D eigenvalue weighted by Gasteiger charge is 2.24. The third-order valence-electron chi connectivity index (χ3n) is 4.51. The molecule has 0 saturated heterocycles. The number of ether oxygens (including phenoxy) is 2. The van der Waals surface area contributed by atoms with Crippen LogP contribution in [0.15, 0.2) is 67.8 Å². The van der Waals surface area contributed by atoms with E-state index in [0.29, 0.717) is 17.9 Å². The predicted octanol–water partition coefficient (Wildman–Crippen LogP) is 4.73. The molecule has 5 nitrogen and oxygen atoms in total. The number of methoxy groups -OCH3 is 1. The van der Waals surface area contributed by atoms with E-state index in [9.17, 15) is 8.42 Å². The molecule has 0 aliphatic rings. The van der Waals surface area contributed by atoms with E-state index in [2.05, 4.69) is 13.2 Å². The van der Waals surface area contributed by atoms with Crippen molar-refractivity contribution in [3.63, 3.8) is 0 Å². The van der Waals surface area contributed by atoms with Gasteiger partial charge in [0.25, 0.3) is 0 Å². The first-order chi connectivity index (χ1) is 14.3. The minimum Gasteiger partial charge on any atom is -0.493 e. The van der Waals surface area contributed by atoms with E-state index in [1.165, 1.54) is 4.31 Å². The third kappa shape index (κ3) is 6.21. The number of benzene rings is 2. The van der Waals surface area contributed by atoms with Gasteiger partial charge in [-0.05, 0) is 37.5 Å². The molecule has 2 aromatic rings. The summed E-state index contributed by atoms with van der Waals surface area (Å²) in [5.74, 6) is 1.18. The molecule has 0 aliphatic carbocycles. The van der Waals surface area contributed by atoms with E-state index < -0.39 is 10.0 Å². The van der Waals surface area contributed by atoms with Crippen molar-refractivity contribution >= 4 is 10.0 Å². The number of allylic oxidation sites excluding steroid dienone is 1. The minimum atomic E-state index is -3.55. The van der Waals surface area contributed by atoms with Crippen LogP contribution in [0.3, 0.4) is 0 Å². The van der Waals surface area contributed by atoms with Crippen molar-refractivity contribution in [2.45, 2.75) is 38.7 Å². The summed E-state index contributed by atoms with van der Waals surface area (Å²) in [7, 11) is -1.96. The van der Waals surface area contributed by atoms with Crippen LogP contribution in [0, 0.1) is 0 Å². The molecule has 0 unspecified atom stereocenters. The molecule has 2 rings (SSSR count). The van der Waals surface area contributed by atoms with Gasteiger partial charge in [0.05, 0.1) is 19.0 Å². The molecule has 0 amide bonds. The average molecular weight is 430 g/mol. The fourth-order valence-electron chi connectivity index (χ4n) is 3.18. The Hall–Kier alpha value is -2.57. The molecule has 0 atom stereocenters. The van der Waals surface area contributed by atoms with Crippen molar-refractivity contribution in [1.82, 2.24) is 4.31 Å². The first kappa shape index (κ1) is 23.7. The summed E-state index contributed by atoms with van der Waals surface area (Å²) >= 11 is 0. The zero-order valence-corrected chi connectivity index (χ0v) is 18.8. The van der Waals surface area contributed by atoms with Crippen LogP contribution in [0.2, 0.25) is 0 Å². The van der Waals surface area contributed by atoms with Gasteiger partial charge >= 0.3 is 0 Å². The fraction of sp³-hybridized carbons (Fsp3) is 0.333. The molecule has 0 spiro atoms. The molecule has 162 valence electrons. The monoisotopic (exact) mass is 429 g/mol. The molecule has 6 heteroatoms. The zero-order chi connectivity index (χ0) is 22.1. The number of rotatable bonds is 12. The average Bonchev–Trinajstić information content (AvgIpc) is 2.70. The SMILES string of the molecule is C=CCc1c(CN(CC=C)S(=O)(=O)Cc2ccccc2)ccc(OC)c1OC(C)C. The summed E-state index contributed by atoms with van der Waals surface area (Å²) in [5.41, 5.74) is 2.48. The van der Waals surface area contributed by atoms with Gasteiger partial charge in [-0.15, -0.1) is 13.2 Å². The lowest BCUT2D eigenvalue weighted by molar-refractivity contribution is 0.227. The van der Waals surface area contributed by atoms with E-state index in [-0.39, 0.29) is 24.9 Å². The van der Waals surface area contributed by atoms with Gasteiger partial charge in [0, 0.05) is 18.7 Å². The van der Waals surface area contributed by atoms with Crippen molar-refractivity contribution in [1.29, 1.82) is 0 Å². The van der Waals surface area contributed by atoms with Gasteiger partial charge in [0.1, 0.15) is 0 Å². The summed E-state index contributed by atoms with van der Waals surface area (Å²) < 4.78 is 39.3. The van der Waals surface area contributed by atoms with Gasteiger partial charge < -0.3 is 9.47 Å². The molecule has 30 heavy (non-hydrogen) atoms. The van der Waals surface area contributed by atoms with E-state index in [4.69, 9.17) is 9.47 Å². The Morgan fingerprint density at radius 2 is 1.77 bits per heavy atom. The number of hydrogen-bond acceptors (Lipinski definition) is 4. The van der Waals surface area contributed by atoms with Gasteiger partial charge in [0.15, 0.2) is 11.5 Å². The van der Waals surface area contributed by atoms with Gasteiger partial charge in [0.2, 0.25) is 10.0 Å². The molecule has 0 bridgehead atoms.